The van der Waals surface area contributed by atoms with Gasteiger partial charge in [-0.15, -0.1) is 0 Å². The molecule has 1 N–H and O–H groups in total. The number of H-pyrrole nitrogens is 1. The van der Waals surface area contributed by atoms with Gasteiger partial charge in [0, 0.05) is 23.3 Å². The number of pyridine rings is 1. The molecule has 0 fully saturated rings. The molecule has 0 spiro atoms. The fourth-order valence-corrected chi connectivity index (χ4v) is 2.79. The van der Waals surface area contributed by atoms with Crippen molar-refractivity contribution < 1.29 is 13.2 Å². The van der Waals surface area contributed by atoms with Gasteiger partial charge in [-0.25, -0.2) is 0 Å². The molecule has 3 aromatic heterocycles. The minimum atomic E-state index is -4.45. The molecule has 23 heavy (non-hydrogen) atoms. The van der Waals surface area contributed by atoms with Crippen LogP contribution in [-0.2, 0) is 13.2 Å². The minimum Gasteiger partial charge on any atom is -0.342 e. The Kier molecular flexibility index (Phi) is 2.75. The molecule has 0 saturated heterocycles. The summed E-state index contributed by atoms with van der Waals surface area (Å²) < 4.78 is 40.1. The van der Waals surface area contributed by atoms with E-state index in [9.17, 15) is 13.2 Å². The van der Waals surface area contributed by atoms with E-state index in [-0.39, 0.29) is 5.69 Å². The highest BCUT2D eigenvalue weighted by molar-refractivity contribution is 6.08. The summed E-state index contributed by atoms with van der Waals surface area (Å²) in [5.74, 6) is 0. The van der Waals surface area contributed by atoms with Crippen LogP contribution in [-0.4, -0.2) is 19.7 Å². The highest BCUT2D eigenvalue weighted by atomic mass is 19.4. The number of nitrogens with zero attached hydrogens (tertiary/aromatic N) is 3. The lowest BCUT2D eigenvalue weighted by atomic mass is 10.1. The summed E-state index contributed by atoms with van der Waals surface area (Å²) in [6.45, 7) is 0. The smallest absolute Gasteiger partial charge is 0.342 e. The van der Waals surface area contributed by atoms with E-state index in [0.29, 0.717) is 5.69 Å². The van der Waals surface area contributed by atoms with Crippen molar-refractivity contribution in [1.29, 1.82) is 0 Å². The van der Waals surface area contributed by atoms with E-state index in [1.54, 1.807) is 12.3 Å². The van der Waals surface area contributed by atoms with Gasteiger partial charge in [-0.1, -0.05) is 18.2 Å². The Morgan fingerprint density at radius 1 is 1.00 bits per heavy atom. The number of aromatic amines is 1. The normalized spacial score (nSPS) is 12.3. The van der Waals surface area contributed by atoms with Crippen LogP contribution >= 0.6 is 0 Å². The number of aryl methyl sites for hydroxylation is 1. The largest absolute Gasteiger partial charge is 0.432 e. The van der Waals surface area contributed by atoms with Gasteiger partial charge in [0.15, 0.2) is 0 Å². The van der Waals surface area contributed by atoms with Crippen LogP contribution in [0.25, 0.3) is 33.2 Å². The third kappa shape index (κ3) is 2.08. The number of nitrogens with one attached hydrogen (secondary N) is 1. The zero-order valence-electron chi connectivity index (χ0n) is 12.0. The first kappa shape index (κ1) is 13.8. The Labute approximate surface area is 128 Å². The molecule has 4 nitrogen and oxygen atoms in total. The summed E-state index contributed by atoms with van der Waals surface area (Å²) in [6.07, 6.45) is -2.79. The highest BCUT2D eigenvalue weighted by Crippen LogP contribution is 2.32. The number of halogens is 3. The summed E-state index contributed by atoms with van der Waals surface area (Å²) in [6, 6.07) is 10.6. The molecule has 0 bridgehead atoms. The van der Waals surface area contributed by atoms with Gasteiger partial charge in [0.25, 0.3) is 0 Å². The van der Waals surface area contributed by atoms with Gasteiger partial charge >= 0.3 is 6.18 Å². The average Bonchev–Trinajstić information content (AvgIpc) is 3.12. The highest BCUT2D eigenvalue weighted by Gasteiger charge is 2.33. The second-order valence-electron chi connectivity index (χ2n) is 5.33. The van der Waals surface area contributed by atoms with E-state index in [4.69, 9.17) is 0 Å². The van der Waals surface area contributed by atoms with Crippen LogP contribution in [0, 0.1) is 0 Å². The molecule has 0 aliphatic heterocycles. The van der Waals surface area contributed by atoms with Crippen molar-refractivity contribution in [1.82, 2.24) is 19.7 Å². The zero-order valence-corrected chi connectivity index (χ0v) is 12.0. The summed E-state index contributed by atoms with van der Waals surface area (Å²) >= 11 is 0. The van der Waals surface area contributed by atoms with Crippen molar-refractivity contribution in [3.8, 4) is 11.4 Å². The molecule has 0 aliphatic carbocycles. The van der Waals surface area contributed by atoms with Crippen LogP contribution in [0.2, 0.25) is 0 Å². The van der Waals surface area contributed by atoms with Crippen molar-refractivity contribution in [2.24, 2.45) is 7.05 Å². The molecule has 4 rings (SSSR count). The number of rotatable bonds is 1. The Morgan fingerprint density at radius 2 is 1.78 bits per heavy atom. The molecule has 3 heterocycles. The molecular formula is C16H11F3N4. The van der Waals surface area contributed by atoms with Gasteiger partial charge in [-0.05, 0) is 18.2 Å². The number of hydrogen-bond donors (Lipinski definition) is 1. The second-order valence-corrected chi connectivity index (χ2v) is 5.33. The summed E-state index contributed by atoms with van der Waals surface area (Å²) in [5, 5.41) is 7.71. The van der Waals surface area contributed by atoms with E-state index in [2.05, 4.69) is 10.1 Å². The fourth-order valence-electron chi connectivity index (χ4n) is 2.79. The van der Waals surface area contributed by atoms with E-state index in [1.165, 1.54) is 0 Å². The number of alkyl halides is 3. The quantitative estimate of drug-likeness (QED) is 0.574. The lowest BCUT2D eigenvalue weighted by Crippen LogP contribution is -2.04. The molecule has 0 radical (unpaired) electrons. The standard InChI is InChI=1S/C16H11F3N4/c1-23-13-5-3-2-4-9(13)10-6-11(20-8-14(10)23)12-7-15(22-21-12)16(17,18)19/h2-8H,1H3,(H,21,22). The van der Waals surface area contributed by atoms with Gasteiger partial charge in [0.1, 0.15) is 11.4 Å². The number of hydrogen-bond acceptors (Lipinski definition) is 2. The first-order valence-electron chi connectivity index (χ1n) is 6.91. The molecule has 0 saturated carbocycles. The van der Waals surface area contributed by atoms with Gasteiger partial charge in [-0.2, -0.15) is 18.3 Å². The molecule has 7 heteroatoms. The molecular weight excluding hydrogens is 305 g/mol. The zero-order chi connectivity index (χ0) is 16.2. The van der Waals surface area contributed by atoms with E-state index in [1.807, 2.05) is 41.0 Å². The average molecular weight is 316 g/mol. The van der Waals surface area contributed by atoms with Crippen molar-refractivity contribution in [2.75, 3.05) is 0 Å². The van der Waals surface area contributed by atoms with Gasteiger partial charge in [-0.3, -0.25) is 10.1 Å². The molecule has 4 aromatic rings. The van der Waals surface area contributed by atoms with Crippen LogP contribution < -0.4 is 0 Å². The molecule has 0 atom stereocenters. The summed E-state index contributed by atoms with van der Waals surface area (Å²) in [5.41, 5.74) is 1.65. The van der Waals surface area contributed by atoms with Gasteiger partial charge < -0.3 is 4.57 Å². The predicted molar refractivity (Wildman–Crippen MR) is 80.8 cm³/mol. The van der Waals surface area contributed by atoms with Crippen LogP contribution in [0.1, 0.15) is 5.69 Å². The maximum absolute atomic E-state index is 12.7. The van der Waals surface area contributed by atoms with Crippen LogP contribution in [0.5, 0.6) is 0 Å². The summed E-state index contributed by atoms with van der Waals surface area (Å²) in [4.78, 5) is 4.26. The van der Waals surface area contributed by atoms with Crippen molar-refractivity contribution >= 4 is 21.8 Å². The van der Waals surface area contributed by atoms with E-state index < -0.39 is 11.9 Å². The molecule has 1 aromatic carbocycles. The fraction of sp³-hybridized carbons (Fsp3) is 0.125. The Morgan fingerprint density at radius 3 is 2.52 bits per heavy atom. The van der Waals surface area contributed by atoms with Crippen LogP contribution in [0.15, 0.2) is 42.6 Å². The minimum absolute atomic E-state index is 0.173. The Bertz CT molecular complexity index is 1030. The second kappa shape index (κ2) is 4.58. The van der Waals surface area contributed by atoms with Crippen LogP contribution in [0.3, 0.4) is 0 Å². The lowest BCUT2D eigenvalue weighted by molar-refractivity contribution is -0.141. The third-order valence-electron chi connectivity index (χ3n) is 3.95. The van der Waals surface area contributed by atoms with Crippen molar-refractivity contribution in [3.05, 3.63) is 48.3 Å². The van der Waals surface area contributed by atoms with Crippen molar-refractivity contribution in [2.45, 2.75) is 6.18 Å². The molecule has 116 valence electrons. The monoisotopic (exact) mass is 316 g/mol. The van der Waals surface area contributed by atoms with Gasteiger partial charge in [0.05, 0.1) is 17.4 Å². The Hall–Kier alpha value is -2.83. The topological polar surface area (TPSA) is 46.5 Å². The molecule has 0 amide bonds. The maximum Gasteiger partial charge on any atom is 0.432 e. The molecule has 0 unspecified atom stereocenters. The molecule has 0 aliphatic rings. The van der Waals surface area contributed by atoms with Crippen LogP contribution in [0.4, 0.5) is 13.2 Å². The number of para-hydroxylation sites is 1. The third-order valence-corrected chi connectivity index (χ3v) is 3.95. The number of fused-ring (bicyclic) bond motifs is 3. The summed E-state index contributed by atoms with van der Waals surface area (Å²) in [7, 11) is 1.93. The number of aromatic nitrogens is 4. The number of benzene rings is 1. The lowest BCUT2D eigenvalue weighted by Gasteiger charge is -2.00. The van der Waals surface area contributed by atoms with E-state index in [0.717, 1.165) is 27.9 Å². The first-order valence-corrected chi connectivity index (χ1v) is 6.91. The maximum atomic E-state index is 12.7. The van der Waals surface area contributed by atoms with E-state index >= 15 is 0 Å². The predicted octanol–water partition coefficient (Wildman–Crippen LogP) is 4.14. The Balaban J connectivity index is 1.92. The first-order chi connectivity index (χ1) is 10.9. The van der Waals surface area contributed by atoms with Gasteiger partial charge in [0.2, 0.25) is 0 Å². The van der Waals surface area contributed by atoms with Crippen molar-refractivity contribution in [3.63, 3.8) is 0 Å². The SMILES string of the molecule is Cn1c2ccccc2c2cc(-c3cc(C(F)(F)F)[nH]n3)ncc21.